The Labute approximate surface area is 143 Å². The first kappa shape index (κ1) is 16.5. The molecule has 0 aliphatic rings. The zero-order valence-corrected chi connectivity index (χ0v) is 13.8. The normalized spacial score (nSPS) is 11.1. The van der Waals surface area contributed by atoms with Crippen molar-refractivity contribution < 1.29 is 19.1 Å². The van der Waals surface area contributed by atoms with E-state index in [9.17, 15) is 14.7 Å². The number of allylic oxidation sites excluding steroid dienone is 1. The highest BCUT2D eigenvalue weighted by Gasteiger charge is 2.11. The molecule has 126 valence electrons. The van der Waals surface area contributed by atoms with Crippen LogP contribution in [0.15, 0.2) is 57.9 Å². The number of fused-ring (bicyclic) bond motifs is 1. The van der Waals surface area contributed by atoms with Gasteiger partial charge in [0.05, 0.1) is 23.6 Å². The van der Waals surface area contributed by atoms with Crippen molar-refractivity contribution in [1.29, 1.82) is 0 Å². The molecule has 0 aliphatic carbocycles. The first-order chi connectivity index (χ1) is 12.0. The summed E-state index contributed by atoms with van der Waals surface area (Å²) in [5.41, 5.74) is 1.57. The van der Waals surface area contributed by atoms with Gasteiger partial charge >= 0.3 is 0 Å². The van der Waals surface area contributed by atoms with Crippen LogP contribution in [0.4, 0.5) is 0 Å². The van der Waals surface area contributed by atoms with Gasteiger partial charge in [0.25, 0.3) is 0 Å². The molecule has 0 amide bonds. The predicted molar refractivity (Wildman–Crippen MR) is 95.2 cm³/mol. The maximum absolute atomic E-state index is 12.5. The van der Waals surface area contributed by atoms with Crippen LogP contribution in [-0.2, 0) is 0 Å². The van der Waals surface area contributed by atoms with Crippen molar-refractivity contribution in [3.8, 4) is 11.5 Å². The molecule has 1 heterocycles. The van der Waals surface area contributed by atoms with Crippen LogP contribution in [0, 0.1) is 6.92 Å². The molecule has 3 aromatic rings. The van der Waals surface area contributed by atoms with Crippen molar-refractivity contribution in [3.63, 3.8) is 0 Å². The third-order valence-electron chi connectivity index (χ3n) is 3.84. The fourth-order valence-electron chi connectivity index (χ4n) is 2.47. The van der Waals surface area contributed by atoms with Crippen molar-refractivity contribution in [3.05, 3.63) is 75.7 Å². The van der Waals surface area contributed by atoms with Crippen LogP contribution in [0.3, 0.4) is 0 Å². The monoisotopic (exact) mass is 336 g/mol. The number of hydrogen-bond acceptors (Lipinski definition) is 5. The lowest BCUT2D eigenvalue weighted by Crippen LogP contribution is -2.05. The molecule has 0 radical (unpaired) electrons. The van der Waals surface area contributed by atoms with E-state index in [-0.39, 0.29) is 22.3 Å². The number of carbonyl (C=O) groups excluding carboxylic acids is 1. The Bertz CT molecular complexity index is 1040. The second-order valence-corrected chi connectivity index (χ2v) is 5.60. The molecule has 0 spiro atoms. The first-order valence-corrected chi connectivity index (χ1v) is 7.61. The summed E-state index contributed by atoms with van der Waals surface area (Å²) >= 11 is 0. The molecule has 0 saturated carbocycles. The molecule has 0 fully saturated rings. The largest absolute Gasteiger partial charge is 0.507 e. The summed E-state index contributed by atoms with van der Waals surface area (Å²) in [6, 6.07) is 9.71. The Balaban J connectivity index is 1.97. The fraction of sp³-hybridized carbons (Fsp3) is 0.100. The number of benzene rings is 2. The molecule has 5 heteroatoms. The van der Waals surface area contributed by atoms with E-state index in [1.165, 1.54) is 37.7 Å². The van der Waals surface area contributed by atoms with E-state index in [0.29, 0.717) is 16.7 Å². The summed E-state index contributed by atoms with van der Waals surface area (Å²) in [6.07, 6.45) is 3.92. The van der Waals surface area contributed by atoms with Gasteiger partial charge in [-0.15, -0.1) is 0 Å². The number of ketones is 1. The summed E-state index contributed by atoms with van der Waals surface area (Å²) in [5.74, 6) is -0.146. The molecule has 0 saturated heterocycles. The van der Waals surface area contributed by atoms with Crippen LogP contribution in [-0.4, -0.2) is 18.0 Å². The number of carbonyl (C=O) groups is 1. The molecular weight excluding hydrogens is 320 g/mol. The summed E-state index contributed by atoms with van der Waals surface area (Å²) in [4.78, 5) is 24.8. The molecule has 0 atom stereocenters. The Morgan fingerprint density at radius 1 is 1.20 bits per heavy atom. The standard InChI is InChI=1S/C20H16O5/c1-12-3-8-19-16(9-12)20(23)13(11-25-19)4-6-17(21)15-10-14(24-2)5-7-18(15)22/h3-11,22H,1-2H3/b6-4+. The number of aryl methyl sites for hydroxylation is 1. The van der Waals surface area contributed by atoms with E-state index in [1.54, 1.807) is 18.2 Å². The molecule has 2 aromatic carbocycles. The zero-order chi connectivity index (χ0) is 18.0. The van der Waals surface area contributed by atoms with E-state index in [0.717, 1.165) is 5.56 Å². The van der Waals surface area contributed by atoms with Gasteiger partial charge < -0.3 is 14.3 Å². The minimum atomic E-state index is -0.444. The average Bonchev–Trinajstić information content (AvgIpc) is 2.62. The van der Waals surface area contributed by atoms with Gasteiger partial charge in [0.15, 0.2) is 11.2 Å². The first-order valence-electron chi connectivity index (χ1n) is 7.61. The molecule has 1 aromatic heterocycles. The van der Waals surface area contributed by atoms with Crippen molar-refractivity contribution in [2.75, 3.05) is 7.11 Å². The lowest BCUT2D eigenvalue weighted by molar-refractivity contribution is 0.104. The Hall–Kier alpha value is -3.34. The number of methoxy groups -OCH3 is 1. The van der Waals surface area contributed by atoms with Crippen LogP contribution >= 0.6 is 0 Å². The smallest absolute Gasteiger partial charge is 0.199 e. The summed E-state index contributed by atoms with van der Waals surface area (Å²) in [7, 11) is 1.47. The number of rotatable bonds is 4. The minimum absolute atomic E-state index is 0.0941. The van der Waals surface area contributed by atoms with Crippen molar-refractivity contribution >= 4 is 22.8 Å². The summed E-state index contributed by atoms with van der Waals surface area (Å²) in [5, 5.41) is 10.3. The lowest BCUT2D eigenvalue weighted by atomic mass is 10.1. The summed E-state index contributed by atoms with van der Waals surface area (Å²) < 4.78 is 10.5. The van der Waals surface area contributed by atoms with Crippen LogP contribution < -0.4 is 10.2 Å². The van der Waals surface area contributed by atoms with E-state index in [2.05, 4.69) is 0 Å². The zero-order valence-electron chi connectivity index (χ0n) is 13.8. The molecule has 0 unspecified atom stereocenters. The molecule has 1 N–H and O–H groups in total. The lowest BCUT2D eigenvalue weighted by Gasteiger charge is -2.04. The number of phenolic OH excluding ortho intramolecular Hbond substituents is 1. The average molecular weight is 336 g/mol. The van der Waals surface area contributed by atoms with E-state index >= 15 is 0 Å². The van der Waals surface area contributed by atoms with Crippen molar-refractivity contribution in [2.45, 2.75) is 6.92 Å². The van der Waals surface area contributed by atoms with E-state index < -0.39 is 5.78 Å². The van der Waals surface area contributed by atoms with Gasteiger partial charge in [-0.05, 0) is 49.4 Å². The maximum atomic E-state index is 12.5. The molecule has 5 nitrogen and oxygen atoms in total. The topological polar surface area (TPSA) is 76.7 Å². The van der Waals surface area contributed by atoms with Crippen molar-refractivity contribution in [2.24, 2.45) is 0 Å². The second-order valence-electron chi connectivity index (χ2n) is 5.60. The van der Waals surface area contributed by atoms with Crippen molar-refractivity contribution in [1.82, 2.24) is 0 Å². The van der Waals surface area contributed by atoms with Gasteiger partial charge in [0.2, 0.25) is 0 Å². The van der Waals surface area contributed by atoms with Crippen LogP contribution in [0.1, 0.15) is 21.5 Å². The number of ether oxygens (including phenoxy) is 1. The van der Waals surface area contributed by atoms with Crippen LogP contribution in [0.2, 0.25) is 0 Å². The van der Waals surface area contributed by atoms with Gasteiger partial charge in [-0.3, -0.25) is 9.59 Å². The molecule has 0 aliphatic heterocycles. The third-order valence-corrected chi connectivity index (χ3v) is 3.84. The quantitative estimate of drug-likeness (QED) is 0.580. The van der Waals surface area contributed by atoms with E-state index in [4.69, 9.17) is 9.15 Å². The Kier molecular flexibility index (Phi) is 4.39. The number of aromatic hydroxyl groups is 1. The summed E-state index contributed by atoms with van der Waals surface area (Å²) in [6.45, 7) is 1.89. The Morgan fingerprint density at radius 2 is 2.00 bits per heavy atom. The molecular formula is C20H16O5. The highest BCUT2D eigenvalue weighted by molar-refractivity contribution is 6.08. The number of phenols is 1. The van der Waals surface area contributed by atoms with Crippen LogP contribution in [0.5, 0.6) is 11.5 Å². The third kappa shape index (κ3) is 3.30. The highest BCUT2D eigenvalue weighted by atomic mass is 16.5. The molecule has 25 heavy (non-hydrogen) atoms. The predicted octanol–water partition coefficient (Wildman–Crippen LogP) is 3.71. The highest BCUT2D eigenvalue weighted by Crippen LogP contribution is 2.24. The van der Waals surface area contributed by atoms with Gasteiger partial charge in [0, 0.05) is 0 Å². The second kappa shape index (κ2) is 6.65. The molecule has 0 bridgehead atoms. The maximum Gasteiger partial charge on any atom is 0.199 e. The number of hydrogen-bond donors (Lipinski definition) is 1. The SMILES string of the molecule is COc1ccc(O)c(C(=O)/C=C/c2coc3ccc(C)cc3c2=O)c1. The molecule has 3 rings (SSSR count). The Morgan fingerprint density at radius 3 is 2.76 bits per heavy atom. The van der Waals surface area contributed by atoms with Gasteiger partial charge in [-0.1, -0.05) is 11.6 Å². The van der Waals surface area contributed by atoms with Gasteiger partial charge in [-0.25, -0.2) is 0 Å². The fourth-order valence-corrected chi connectivity index (χ4v) is 2.47. The van der Waals surface area contributed by atoms with Gasteiger partial charge in [-0.2, -0.15) is 0 Å². The van der Waals surface area contributed by atoms with Crippen LogP contribution in [0.25, 0.3) is 17.0 Å². The minimum Gasteiger partial charge on any atom is -0.507 e. The van der Waals surface area contributed by atoms with E-state index in [1.807, 2.05) is 13.0 Å². The van der Waals surface area contributed by atoms with Gasteiger partial charge in [0.1, 0.15) is 23.3 Å².